The van der Waals surface area contributed by atoms with Gasteiger partial charge in [0, 0.05) is 24.6 Å². The van der Waals surface area contributed by atoms with Gasteiger partial charge in [0.1, 0.15) is 11.6 Å². The summed E-state index contributed by atoms with van der Waals surface area (Å²) in [6.45, 7) is 0.694. The van der Waals surface area contributed by atoms with Crippen LogP contribution in [0, 0.1) is 11.6 Å². The number of nitrogens with one attached hydrogen (secondary N) is 1. The Kier molecular flexibility index (Phi) is 3.43. The van der Waals surface area contributed by atoms with Gasteiger partial charge in [0.05, 0.1) is 0 Å². The third-order valence-corrected chi connectivity index (χ3v) is 2.18. The van der Waals surface area contributed by atoms with Gasteiger partial charge in [0.15, 0.2) is 0 Å². The van der Waals surface area contributed by atoms with Gasteiger partial charge in [-0.05, 0) is 19.2 Å². The molecule has 0 fully saturated rings. The van der Waals surface area contributed by atoms with E-state index in [0.717, 1.165) is 18.2 Å². The van der Waals surface area contributed by atoms with Crippen LogP contribution >= 0.6 is 0 Å². The number of benzene rings is 1. The Morgan fingerprint density at radius 2 is 1.94 bits per heavy atom. The summed E-state index contributed by atoms with van der Waals surface area (Å²) in [6.07, 6.45) is 0.571. The summed E-state index contributed by atoms with van der Waals surface area (Å²) in [5.41, 5.74) is 0.266. The first-order valence-corrected chi connectivity index (χ1v) is 5.12. The van der Waals surface area contributed by atoms with E-state index in [-0.39, 0.29) is 11.4 Å². The molecular formula is C11H11F2N3O. The van der Waals surface area contributed by atoms with E-state index in [9.17, 15) is 8.78 Å². The average Bonchev–Trinajstić information content (AvgIpc) is 2.73. The van der Waals surface area contributed by atoms with Crippen LogP contribution in [0.25, 0.3) is 11.4 Å². The van der Waals surface area contributed by atoms with Crippen LogP contribution in [0.2, 0.25) is 0 Å². The van der Waals surface area contributed by atoms with Crippen molar-refractivity contribution in [3.63, 3.8) is 0 Å². The van der Waals surface area contributed by atoms with Gasteiger partial charge in [-0.3, -0.25) is 0 Å². The van der Waals surface area contributed by atoms with Crippen molar-refractivity contribution in [2.24, 2.45) is 0 Å². The molecule has 90 valence electrons. The minimum absolute atomic E-state index is 0.189. The number of halogens is 2. The molecule has 0 radical (unpaired) electrons. The van der Waals surface area contributed by atoms with Crippen molar-refractivity contribution in [3.8, 4) is 11.4 Å². The van der Waals surface area contributed by atoms with Crippen LogP contribution in [0.1, 0.15) is 5.89 Å². The lowest BCUT2D eigenvalue weighted by atomic mass is 10.2. The topological polar surface area (TPSA) is 51.0 Å². The highest BCUT2D eigenvalue weighted by Gasteiger charge is 2.10. The van der Waals surface area contributed by atoms with Crippen LogP contribution in [-0.4, -0.2) is 23.7 Å². The number of hydrogen-bond donors (Lipinski definition) is 1. The second kappa shape index (κ2) is 5.01. The molecule has 0 saturated heterocycles. The first-order chi connectivity index (χ1) is 8.19. The Bertz CT molecular complexity index is 493. The molecule has 1 aromatic carbocycles. The van der Waals surface area contributed by atoms with E-state index >= 15 is 0 Å². The molecule has 0 atom stereocenters. The molecule has 0 spiro atoms. The van der Waals surface area contributed by atoms with Crippen molar-refractivity contribution in [3.05, 3.63) is 35.7 Å². The van der Waals surface area contributed by atoms with Crippen molar-refractivity contribution < 1.29 is 13.3 Å². The zero-order valence-electron chi connectivity index (χ0n) is 9.20. The van der Waals surface area contributed by atoms with E-state index < -0.39 is 11.6 Å². The van der Waals surface area contributed by atoms with E-state index in [1.54, 1.807) is 7.05 Å². The van der Waals surface area contributed by atoms with Gasteiger partial charge in [0.2, 0.25) is 11.7 Å². The molecule has 1 heterocycles. The molecular weight excluding hydrogens is 228 g/mol. The van der Waals surface area contributed by atoms with Gasteiger partial charge in [-0.15, -0.1) is 0 Å². The monoisotopic (exact) mass is 239 g/mol. The third kappa shape index (κ3) is 2.85. The largest absolute Gasteiger partial charge is 0.339 e. The first-order valence-electron chi connectivity index (χ1n) is 5.12. The number of hydrogen-bond acceptors (Lipinski definition) is 4. The van der Waals surface area contributed by atoms with Gasteiger partial charge in [-0.2, -0.15) is 4.98 Å². The lowest BCUT2D eigenvalue weighted by molar-refractivity contribution is 0.377. The van der Waals surface area contributed by atoms with Crippen LogP contribution < -0.4 is 5.32 Å². The average molecular weight is 239 g/mol. The molecule has 2 rings (SSSR count). The predicted octanol–water partition coefficient (Wildman–Crippen LogP) is 1.78. The van der Waals surface area contributed by atoms with Crippen molar-refractivity contribution in [2.45, 2.75) is 6.42 Å². The smallest absolute Gasteiger partial charge is 0.228 e. The first kappa shape index (κ1) is 11.7. The van der Waals surface area contributed by atoms with E-state index in [2.05, 4.69) is 15.5 Å². The van der Waals surface area contributed by atoms with Gasteiger partial charge in [-0.1, -0.05) is 5.16 Å². The summed E-state index contributed by atoms with van der Waals surface area (Å²) in [4.78, 5) is 4.05. The second-order valence-corrected chi connectivity index (χ2v) is 3.52. The van der Waals surface area contributed by atoms with Crippen LogP contribution in [0.3, 0.4) is 0 Å². The molecule has 0 amide bonds. The Hall–Kier alpha value is -1.82. The standard InChI is InChI=1S/C11H11F2N3O/c1-14-3-2-10-15-11(16-17-10)7-4-8(12)6-9(13)5-7/h4-6,14H,2-3H2,1H3. The molecule has 0 bridgehead atoms. The van der Waals surface area contributed by atoms with Crippen LogP contribution in [0.5, 0.6) is 0 Å². The van der Waals surface area contributed by atoms with E-state index in [1.165, 1.54) is 0 Å². The number of rotatable bonds is 4. The minimum atomic E-state index is -0.665. The molecule has 1 N–H and O–H groups in total. The summed E-state index contributed by atoms with van der Waals surface area (Å²) in [6, 6.07) is 3.12. The lowest BCUT2D eigenvalue weighted by Gasteiger charge is -1.95. The lowest BCUT2D eigenvalue weighted by Crippen LogP contribution is -2.10. The Morgan fingerprint density at radius 3 is 2.59 bits per heavy atom. The fourth-order valence-corrected chi connectivity index (χ4v) is 1.39. The summed E-state index contributed by atoms with van der Waals surface area (Å²) < 4.78 is 30.9. The maximum Gasteiger partial charge on any atom is 0.228 e. The Labute approximate surface area is 96.6 Å². The van der Waals surface area contributed by atoms with E-state index in [4.69, 9.17) is 4.52 Å². The normalized spacial score (nSPS) is 10.8. The predicted molar refractivity (Wildman–Crippen MR) is 57.3 cm³/mol. The highest BCUT2D eigenvalue weighted by Crippen LogP contribution is 2.18. The molecule has 4 nitrogen and oxygen atoms in total. The molecule has 0 saturated carbocycles. The van der Waals surface area contributed by atoms with Crippen molar-refractivity contribution in [2.75, 3.05) is 13.6 Å². The van der Waals surface area contributed by atoms with E-state index in [1.807, 2.05) is 0 Å². The minimum Gasteiger partial charge on any atom is -0.339 e. The summed E-state index contributed by atoms with van der Waals surface area (Å²) in [5.74, 6) is -0.711. The molecule has 6 heteroatoms. The summed E-state index contributed by atoms with van der Waals surface area (Å²) in [7, 11) is 1.80. The van der Waals surface area contributed by atoms with Gasteiger partial charge >= 0.3 is 0 Å². The summed E-state index contributed by atoms with van der Waals surface area (Å²) in [5, 5.41) is 6.61. The summed E-state index contributed by atoms with van der Waals surface area (Å²) >= 11 is 0. The quantitative estimate of drug-likeness (QED) is 0.883. The van der Waals surface area contributed by atoms with Gasteiger partial charge in [0.25, 0.3) is 0 Å². The zero-order valence-corrected chi connectivity index (χ0v) is 9.20. The van der Waals surface area contributed by atoms with Crippen LogP contribution in [0.4, 0.5) is 8.78 Å². The molecule has 0 aliphatic carbocycles. The Balaban J connectivity index is 2.24. The molecule has 1 aromatic heterocycles. The molecule has 0 unspecified atom stereocenters. The highest BCUT2D eigenvalue weighted by molar-refractivity contribution is 5.54. The SMILES string of the molecule is CNCCc1nc(-c2cc(F)cc(F)c2)no1. The van der Waals surface area contributed by atoms with Crippen LogP contribution in [0.15, 0.2) is 22.7 Å². The number of nitrogens with zero attached hydrogens (tertiary/aromatic N) is 2. The fraction of sp³-hybridized carbons (Fsp3) is 0.273. The van der Waals surface area contributed by atoms with Crippen LogP contribution in [-0.2, 0) is 6.42 Å². The van der Waals surface area contributed by atoms with E-state index in [0.29, 0.717) is 18.9 Å². The van der Waals surface area contributed by atoms with Crippen molar-refractivity contribution in [1.29, 1.82) is 0 Å². The maximum atomic E-state index is 13.0. The number of aromatic nitrogens is 2. The fourth-order valence-electron chi connectivity index (χ4n) is 1.39. The van der Waals surface area contributed by atoms with Gasteiger partial charge in [-0.25, -0.2) is 8.78 Å². The number of likely N-dealkylation sites (N-methyl/N-ethyl adjacent to an activating group) is 1. The molecule has 0 aliphatic rings. The van der Waals surface area contributed by atoms with Gasteiger partial charge < -0.3 is 9.84 Å². The Morgan fingerprint density at radius 1 is 1.24 bits per heavy atom. The zero-order chi connectivity index (χ0) is 12.3. The molecule has 2 aromatic rings. The molecule has 17 heavy (non-hydrogen) atoms. The van der Waals surface area contributed by atoms with Crippen molar-refractivity contribution >= 4 is 0 Å². The second-order valence-electron chi connectivity index (χ2n) is 3.52. The van der Waals surface area contributed by atoms with Crippen molar-refractivity contribution in [1.82, 2.24) is 15.5 Å². The maximum absolute atomic E-state index is 13.0. The highest BCUT2D eigenvalue weighted by atomic mass is 19.1. The third-order valence-electron chi connectivity index (χ3n) is 2.18. The molecule has 0 aliphatic heterocycles.